The van der Waals surface area contributed by atoms with E-state index in [9.17, 15) is 8.42 Å². The Morgan fingerprint density at radius 2 is 1.82 bits per heavy atom. The van der Waals surface area contributed by atoms with Crippen molar-refractivity contribution in [1.82, 2.24) is 0 Å². The fourth-order valence-electron chi connectivity index (χ4n) is 2.46. The van der Waals surface area contributed by atoms with Crippen LogP contribution in [0.5, 0.6) is 0 Å². The van der Waals surface area contributed by atoms with Gasteiger partial charge < -0.3 is 5.73 Å². The summed E-state index contributed by atoms with van der Waals surface area (Å²) in [6.45, 7) is 1.84. The SMILES string of the molecule is Cc1cccc(S(=O)(=O)C2CCCCC2)c1N. The van der Waals surface area contributed by atoms with Crippen molar-refractivity contribution in [1.29, 1.82) is 0 Å². The number of rotatable bonds is 2. The molecule has 0 bridgehead atoms. The molecule has 0 heterocycles. The highest BCUT2D eigenvalue weighted by molar-refractivity contribution is 7.92. The lowest BCUT2D eigenvalue weighted by molar-refractivity contribution is 0.484. The third-order valence-corrected chi connectivity index (χ3v) is 5.90. The van der Waals surface area contributed by atoms with E-state index in [0.29, 0.717) is 10.6 Å². The van der Waals surface area contributed by atoms with Crippen LogP contribution in [-0.2, 0) is 9.84 Å². The van der Waals surface area contributed by atoms with Gasteiger partial charge >= 0.3 is 0 Å². The molecule has 4 heteroatoms. The number of nitrogen functional groups attached to an aromatic ring is 1. The summed E-state index contributed by atoms with van der Waals surface area (Å²) in [4.78, 5) is 0.324. The van der Waals surface area contributed by atoms with E-state index in [1.807, 2.05) is 13.0 Å². The molecule has 1 aromatic carbocycles. The zero-order valence-electron chi connectivity index (χ0n) is 10.1. The summed E-state index contributed by atoms with van der Waals surface area (Å²) in [6.07, 6.45) is 4.71. The van der Waals surface area contributed by atoms with E-state index < -0.39 is 9.84 Å². The molecule has 0 aromatic heterocycles. The molecular weight excluding hydrogens is 234 g/mol. The first-order chi connectivity index (χ1) is 8.03. The van der Waals surface area contributed by atoms with Gasteiger partial charge in [-0.05, 0) is 31.4 Å². The minimum absolute atomic E-state index is 0.236. The quantitative estimate of drug-likeness (QED) is 0.824. The lowest BCUT2D eigenvalue weighted by atomic mass is 10.0. The second-order valence-electron chi connectivity index (χ2n) is 4.79. The molecule has 2 N–H and O–H groups in total. The normalized spacial score (nSPS) is 18.2. The monoisotopic (exact) mass is 253 g/mol. The number of benzene rings is 1. The van der Waals surface area contributed by atoms with Gasteiger partial charge in [0.1, 0.15) is 0 Å². The van der Waals surface area contributed by atoms with Crippen LogP contribution in [0.15, 0.2) is 23.1 Å². The number of hydrogen-bond acceptors (Lipinski definition) is 3. The van der Waals surface area contributed by atoms with E-state index in [1.165, 1.54) is 0 Å². The van der Waals surface area contributed by atoms with Crippen molar-refractivity contribution in [3.05, 3.63) is 23.8 Å². The predicted octanol–water partition coefficient (Wildman–Crippen LogP) is 2.68. The third-order valence-electron chi connectivity index (χ3n) is 3.58. The Morgan fingerprint density at radius 1 is 1.18 bits per heavy atom. The first-order valence-electron chi connectivity index (χ1n) is 6.12. The maximum atomic E-state index is 12.5. The average Bonchev–Trinajstić information content (AvgIpc) is 2.33. The predicted molar refractivity (Wildman–Crippen MR) is 69.7 cm³/mol. The Morgan fingerprint density at radius 3 is 2.47 bits per heavy atom. The highest BCUT2D eigenvalue weighted by atomic mass is 32.2. The lowest BCUT2D eigenvalue weighted by Gasteiger charge is -2.22. The zero-order valence-corrected chi connectivity index (χ0v) is 11.0. The molecule has 1 aliphatic rings. The standard InChI is InChI=1S/C13H19NO2S/c1-10-6-5-9-12(13(10)14)17(15,16)11-7-3-2-4-8-11/h5-6,9,11H,2-4,7-8,14H2,1H3. The fraction of sp³-hybridized carbons (Fsp3) is 0.538. The van der Waals surface area contributed by atoms with Crippen molar-refractivity contribution in [2.45, 2.75) is 49.2 Å². The Bertz CT molecular complexity index is 502. The van der Waals surface area contributed by atoms with Gasteiger partial charge in [0.25, 0.3) is 0 Å². The maximum Gasteiger partial charge on any atom is 0.183 e. The third kappa shape index (κ3) is 2.32. The second kappa shape index (κ2) is 4.69. The molecule has 2 rings (SSSR count). The molecule has 0 aliphatic heterocycles. The molecule has 0 unspecified atom stereocenters. The molecule has 1 aliphatic carbocycles. The van der Waals surface area contributed by atoms with E-state index in [2.05, 4.69) is 0 Å². The summed E-state index contributed by atoms with van der Waals surface area (Å²) < 4.78 is 25.0. The van der Waals surface area contributed by atoms with Crippen molar-refractivity contribution in [2.75, 3.05) is 5.73 Å². The smallest absolute Gasteiger partial charge is 0.183 e. The lowest BCUT2D eigenvalue weighted by Crippen LogP contribution is -2.25. The van der Waals surface area contributed by atoms with Crippen LogP contribution in [0.2, 0.25) is 0 Å². The van der Waals surface area contributed by atoms with Gasteiger partial charge in [0, 0.05) is 0 Å². The van der Waals surface area contributed by atoms with Crippen LogP contribution >= 0.6 is 0 Å². The molecule has 1 aromatic rings. The molecule has 0 radical (unpaired) electrons. The number of aryl methyl sites for hydroxylation is 1. The van der Waals surface area contributed by atoms with E-state index in [1.54, 1.807) is 12.1 Å². The van der Waals surface area contributed by atoms with Crippen LogP contribution < -0.4 is 5.73 Å². The van der Waals surface area contributed by atoms with E-state index in [4.69, 9.17) is 5.73 Å². The van der Waals surface area contributed by atoms with Crippen LogP contribution in [-0.4, -0.2) is 13.7 Å². The van der Waals surface area contributed by atoms with Gasteiger partial charge in [-0.1, -0.05) is 31.4 Å². The number of nitrogens with two attached hydrogens (primary N) is 1. The minimum Gasteiger partial charge on any atom is -0.397 e. The zero-order chi connectivity index (χ0) is 12.5. The molecule has 94 valence electrons. The molecule has 0 saturated heterocycles. The Balaban J connectivity index is 2.40. The number of para-hydroxylation sites is 1. The minimum atomic E-state index is -3.24. The average molecular weight is 253 g/mol. The molecule has 0 atom stereocenters. The molecule has 1 fully saturated rings. The van der Waals surface area contributed by atoms with Gasteiger partial charge in [0.2, 0.25) is 0 Å². The van der Waals surface area contributed by atoms with Crippen molar-refractivity contribution >= 4 is 15.5 Å². The Hall–Kier alpha value is -1.03. The van der Waals surface area contributed by atoms with E-state index in [-0.39, 0.29) is 5.25 Å². The summed E-state index contributed by atoms with van der Waals surface area (Å²) in [7, 11) is -3.24. The maximum absolute atomic E-state index is 12.5. The molecule has 1 saturated carbocycles. The van der Waals surface area contributed by atoms with Crippen LogP contribution in [0.25, 0.3) is 0 Å². The number of hydrogen-bond donors (Lipinski definition) is 1. The highest BCUT2D eigenvalue weighted by Gasteiger charge is 2.30. The summed E-state index contributed by atoms with van der Waals surface area (Å²) in [5.41, 5.74) is 7.15. The molecule has 0 spiro atoms. The van der Waals surface area contributed by atoms with Gasteiger partial charge in [0.05, 0.1) is 15.8 Å². The van der Waals surface area contributed by atoms with Crippen molar-refractivity contribution in [3.8, 4) is 0 Å². The summed E-state index contributed by atoms with van der Waals surface area (Å²) >= 11 is 0. The van der Waals surface area contributed by atoms with Crippen molar-refractivity contribution in [2.24, 2.45) is 0 Å². The largest absolute Gasteiger partial charge is 0.397 e. The van der Waals surface area contributed by atoms with E-state index >= 15 is 0 Å². The Kier molecular flexibility index (Phi) is 3.43. The van der Waals surface area contributed by atoms with Crippen LogP contribution in [0.4, 0.5) is 5.69 Å². The van der Waals surface area contributed by atoms with Crippen LogP contribution in [0.3, 0.4) is 0 Å². The summed E-state index contributed by atoms with van der Waals surface area (Å²) in [6, 6.07) is 5.24. The van der Waals surface area contributed by atoms with Gasteiger partial charge in [-0.25, -0.2) is 8.42 Å². The van der Waals surface area contributed by atoms with Gasteiger partial charge in [0.15, 0.2) is 9.84 Å². The molecular formula is C13H19NO2S. The topological polar surface area (TPSA) is 60.2 Å². The Labute approximate surface area is 103 Å². The van der Waals surface area contributed by atoms with Gasteiger partial charge in [-0.2, -0.15) is 0 Å². The molecule has 3 nitrogen and oxygen atoms in total. The second-order valence-corrected chi connectivity index (χ2v) is 6.99. The number of sulfone groups is 1. The molecule has 0 amide bonds. The van der Waals surface area contributed by atoms with Crippen molar-refractivity contribution in [3.63, 3.8) is 0 Å². The van der Waals surface area contributed by atoms with Crippen LogP contribution in [0, 0.1) is 6.92 Å². The van der Waals surface area contributed by atoms with Gasteiger partial charge in [-0.15, -0.1) is 0 Å². The summed E-state index contributed by atoms with van der Waals surface area (Å²) in [5, 5.41) is -0.236. The molecule has 17 heavy (non-hydrogen) atoms. The van der Waals surface area contributed by atoms with Gasteiger partial charge in [-0.3, -0.25) is 0 Å². The van der Waals surface area contributed by atoms with Crippen molar-refractivity contribution < 1.29 is 8.42 Å². The summed E-state index contributed by atoms with van der Waals surface area (Å²) in [5.74, 6) is 0. The first kappa shape index (κ1) is 12.4. The highest BCUT2D eigenvalue weighted by Crippen LogP contribution is 2.32. The fourth-order valence-corrected chi connectivity index (χ4v) is 4.51. The number of anilines is 1. The van der Waals surface area contributed by atoms with Crippen LogP contribution in [0.1, 0.15) is 37.7 Å². The van der Waals surface area contributed by atoms with E-state index in [0.717, 1.165) is 37.7 Å². The first-order valence-corrected chi connectivity index (χ1v) is 7.67.